The zero-order valence-electron chi connectivity index (χ0n) is 16.5. The van der Waals surface area contributed by atoms with Crippen molar-refractivity contribution in [2.45, 2.75) is 33.7 Å². The van der Waals surface area contributed by atoms with E-state index in [1.54, 1.807) is 0 Å². The Morgan fingerprint density at radius 1 is 1.19 bits per heavy atom. The van der Waals surface area contributed by atoms with Crippen LogP contribution in [0.4, 0.5) is 5.69 Å². The third-order valence-electron chi connectivity index (χ3n) is 4.30. The molecule has 0 saturated carbocycles. The van der Waals surface area contributed by atoms with Gasteiger partial charge in [0.15, 0.2) is 6.54 Å². The number of nitrogens with one attached hydrogen (secondary N) is 2. The molecule has 2 N–H and O–H groups in total. The molecule has 2 amide bonds. The topological polar surface area (TPSA) is 66.7 Å². The van der Waals surface area contributed by atoms with Gasteiger partial charge in [0.05, 0.1) is 13.5 Å². The van der Waals surface area contributed by atoms with Gasteiger partial charge in [-0.3, -0.25) is 9.59 Å². The van der Waals surface area contributed by atoms with Crippen LogP contribution in [0, 0.1) is 6.92 Å². The zero-order valence-corrected chi connectivity index (χ0v) is 17.4. The highest BCUT2D eigenvalue weighted by molar-refractivity contribution is 7.09. The number of hydrogen-bond donors (Lipinski definition) is 2. The summed E-state index contributed by atoms with van der Waals surface area (Å²) in [6.07, 6.45) is 0.260. The lowest BCUT2D eigenvalue weighted by Gasteiger charge is -2.20. The Bertz CT molecular complexity index is 754. The zero-order chi connectivity index (χ0) is 19.8. The van der Waals surface area contributed by atoms with Crippen LogP contribution in [0.15, 0.2) is 29.6 Å². The van der Waals surface area contributed by atoms with Gasteiger partial charge < -0.3 is 15.1 Å². The Kier molecular flexibility index (Phi) is 7.94. The first-order chi connectivity index (χ1) is 12.9. The number of benzene rings is 1. The number of anilines is 1. The van der Waals surface area contributed by atoms with Gasteiger partial charge in [-0.15, -0.1) is 11.3 Å². The van der Waals surface area contributed by atoms with Gasteiger partial charge in [0.1, 0.15) is 17.2 Å². The van der Waals surface area contributed by atoms with Gasteiger partial charge in [0, 0.05) is 24.2 Å². The number of aryl methyl sites for hydroxylation is 1. The molecule has 146 valence electrons. The lowest BCUT2D eigenvalue weighted by Crippen LogP contribution is -3.09. The summed E-state index contributed by atoms with van der Waals surface area (Å²) in [5.74, 6) is 0.0857. The van der Waals surface area contributed by atoms with Gasteiger partial charge in [0.2, 0.25) is 5.91 Å². The second kappa shape index (κ2) is 10.2. The highest BCUT2D eigenvalue weighted by Crippen LogP contribution is 2.12. The summed E-state index contributed by atoms with van der Waals surface area (Å²) in [4.78, 5) is 31.9. The summed E-state index contributed by atoms with van der Waals surface area (Å²) in [6, 6.07) is 7.72. The van der Waals surface area contributed by atoms with E-state index < -0.39 is 0 Å². The Hall–Kier alpha value is -2.25. The maximum atomic E-state index is 12.2. The van der Waals surface area contributed by atoms with E-state index in [1.165, 1.54) is 11.3 Å². The maximum Gasteiger partial charge on any atom is 0.277 e. The van der Waals surface area contributed by atoms with Crippen molar-refractivity contribution in [1.82, 2.24) is 9.88 Å². The molecular weight excluding hydrogens is 360 g/mol. The molecule has 0 aliphatic heterocycles. The Morgan fingerprint density at radius 2 is 1.85 bits per heavy atom. The van der Waals surface area contributed by atoms with Crippen molar-refractivity contribution in [2.75, 3.05) is 32.0 Å². The number of likely N-dealkylation sites (N-methyl/N-ethyl adjacent to an activating group) is 2. The van der Waals surface area contributed by atoms with E-state index >= 15 is 0 Å². The molecule has 0 fully saturated rings. The molecule has 1 unspecified atom stereocenters. The van der Waals surface area contributed by atoms with Crippen molar-refractivity contribution in [2.24, 2.45) is 0 Å². The molecule has 7 heteroatoms. The number of thiazole rings is 1. The second-order valence-corrected chi connectivity index (χ2v) is 7.64. The molecule has 1 aromatic carbocycles. The summed E-state index contributed by atoms with van der Waals surface area (Å²) in [6.45, 7) is 8.58. The molecule has 1 heterocycles. The molecule has 6 nitrogen and oxygen atoms in total. The Balaban J connectivity index is 1.84. The van der Waals surface area contributed by atoms with Crippen LogP contribution in [0.25, 0.3) is 0 Å². The van der Waals surface area contributed by atoms with Gasteiger partial charge >= 0.3 is 0 Å². The van der Waals surface area contributed by atoms with Crippen LogP contribution < -0.4 is 10.2 Å². The fourth-order valence-corrected chi connectivity index (χ4v) is 3.60. The highest BCUT2D eigenvalue weighted by atomic mass is 32.1. The van der Waals surface area contributed by atoms with Crippen molar-refractivity contribution in [3.8, 4) is 0 Å². The van der Waals surface area contributed by atoms with Gasteiger partial charge in [-0.25, -0.2) is 4.98 Å². The monoisotopic (exact) mass is 389 g/mol. The minimum Gasteiger partial charge on any atom is -0.338 e. The number of nitrogens with zero attached hydrogens (tertiary/aromatic N) is 2. The van der Waals surface area contributed by atoms with E-state index in [-0.39, 0.29) is 18.2 Å². The van der Waals surface area contributed by atoms with Crippen LogP contribution in [0.3, 0.4) is 0 Å². The van der Waals surface area contributed by atoms with E-state index in [9.17, 15) is 9.59 Å². The van der Waals surface area contributed by atoms with Crippen LogP contribution in [-0.4, -0.2) is 48.4 Å². The fourth-order valence-electron chi connectivity index (χ4n) is 2.81. The first-order valence-electron chi connectivity index (χ1n) is 9.30. The Labute approximate surface area is 165 Å². The van der Waals surface area contributed by atoms with Crippen LogP contribution in [0.1, 0.15) is 30.1 Å². The molecule has 0 bridgehead atoms. The van der Waals surface area contributed by atoms with Gasteiger partial charge in [-0.2, -0.15) is 0 Å². The van der Waals surface area contributed by atoms with Gasteiger partial charge in [-0.1, -0.05) is 17.7 Å². The average molecular weight is 390 g/mol. The molecule has 0 saturated heterocycles. The lowest BCUT2D eigenvalue weighted by atomic mass is 10.2. The summed E-state index contributed by atoms with van der Waals surface area (Å²) >= 11 is 1.49. The number of carbonyl (C=O) groups excluding carboxylic acids is 2. The fraction of sp³-hybridized carbons (Fsp3) is 0.450. The summed E-state index contributed by atoms with van der Waals surface area (Å²) in [5, 5.41) is 5.65. The molecule has 0 spiro atoms. The summed E-state index contributed by atoms with van der Waals surface area (Å²) < 4.78 is 0. The smallest absolute Gasteiger partial charge is 0.277 e. The molecule has 0 radical (unpaired) electrons. The molecule has 0 aliphatic rings. The van der Waals surface area contributed by atoms with Gasteiger partial charge in [0.25, 0.3) is 5.91 Å². The number of amides is 2. The molecule has 0 aliphatic carbocycles. The van der Waals surface area contributed by atoms with Gasteiger partial charge in [-0.05, 0) is 32.9 Å². The maximum absolute atomic E-state index is 12.2. The number of quaternary nitrogens is 1. The molecule has 2 aromatic rings. The molecule has 1 atom stereocenters. The third kappa shape index (κ3) is 6.77. The number of hydrogen-bond acceptors (Lipinski definition) is 4. The molecule has 27 heavy (non-hydrogen) atoms. The first-order valence-corrected chi connectivity index (χ1v) is 10.2. The normalized spacial score (nSPS) is 11.9. The van der Waals surface area contributed by atoms with Crippen molar-refractivity contribution in [1.29, 1.82) is 0 Å². The number of carbonyl (C=O) groups is 2. The molecule has 1 aromatic heterocycles. The minimum atomic E-state index is -0.0721. The first kappa shape index (κ1) is 21.1. The molecular formula is C20H29N4O2S+. The lowest BCUT2D eigenvalue weighted by molar-refractivity contribution is -0.886. The van der Waals surface area contributed by atoms with E-state index in [0.717, 1.165) is 39.9 Å². The predicted octanol–water partition coefficient (Wildman–Crippen LogP) is 1.52. The number of aromatic nitrogens is 1. The van der Waals surface area contributed by atoms with Crippen LogP contribution in [0.2, 0.25) is 0 Å². The number of rotatable bonds is 9. The highest BCUT2D eigenvalue weighted by Gasteiger charge is 2.17. The molecule has 2 rings (SSSR count). The van der Waals surface area contributed by atoms with Crippen molar-refractivity contribution < 1.29 is 14.5 Å². The van der Waals surface area contributed by atoms with Crippen molar-refractivity contribution >= 4 is 28.8 Å². The summed E-state index contributed by atoms with van der Waals surface area (Å²) in [7, 11) is 1.99. The van der Waals surface area contributed by atoms with Crippen LogP contribution in [0.5, 0.6) is 0 Å². The second-order valence-electron chi connectivity index (χ2n) is 6.70. The van der Waals surface area contributed by atoms with Crippen LogP contribution >= 0.6 is 11.3 Å². The third-order valence-corrected chi connectivity index (χ3v) is 5.20. The minimum absolute atomic E-state index is 0.0721. The standard InChI is InChI=1S/C20H28N4O2S/c1-5-24(6-2)20(26)13-23(4)12-17-14-27-19(22-17)11-18(25)21-16-9-7-15(3)8-10-16/h7-10,14H,5-6,11-13H2,1-4H3,(H,21,25)/p+1. The van der Waals surface area contributed by atoms with E-state index in [2.05, 4.69) is 10.3 Å². The largest absolute Gasteiger partial charge is 0.338 e. The van der Waals surface area contributed by atoms with Crippen molar-refractivity contribution in [3.05, 3.63) is 45.9 Å². The van der Waals surface area contributed by atoms with E-state index in [1.807, 2.05) is 62.4 Å². The Morgan fingerprint density at radius 3 is 2.48 bits per heavy atom. The predicted molar refractivity (Wildman–Crippen MR) is 109 cm³/mol. The van der Waals surface area contributed by atoms with E-state index in [4.69, 9.17) is 0 Å². The quantitative estimate of drug-likeness (QED) is 0.683. The van der Waals surface area contributed by atoms with Crippen molar-refractivity contribution in [3.63, 3.8) is 0 Å². The summed E-state index contributed by atoms with van der Waals surface area (Å²) in [5.41, 5.74) is 2.87. The average Bonchev–Trinajstić information content (AvgIpc) is 3.04. The van der Waals surface area contributed by atoms with Crippen LogP contribution in [-0.2, 0) is 22.6 Å². The van der Waals surface area contributed by atoms with E-state index in [0.29, 0.717) is 13.1 Å². The SMILES string of the molecule is CCN(CC)C(=O)C[NH+](C)Cc1csc(CC(=O)Nc2ccc(C)cc2)n1.